The third-order valence-corrected chi connectivity index (χ3v) is 4.89. The molecule has 0 aliphatic carbocycles. The highest BCUT2D eigenvalue weighted by atomic mass is 32.2. The van der Waals surface area contributed by atoms with E-state index in [1.807, 2.05) is 24.3 Å². The van der Waals surface area contributed by atoms with Crippen LogP contribution in [0.1, 0.15) is 24.0 Å². The van der Waals surface area contributed by atoms with E-state index in [0.29, 0.717) is 13.1 Å². The fourth-order valence-corrected chi connectivity index (χ4v) is 3.63. The Morgan fingerprint density at radius 3 is 2.71 bits per heavy atom. The zero-order chi connectivity index (χ0) is 12.3. The van der Waals surface area contributed by atoms with Crippen LogP contribution in [0.4, 0.5) is 0 Å². The molecule has 0 radical (unpaired) electrons. The number of nitrogens with zero attached hydrogens (tertiary/aromatic N) is 1. The Kier molecular flexibility index (Phi) is 3.81. The van der Waals surface area contributed by atoms with Crippen LogP contribution in [0, 0.1) is 0 Å². The number of aliphatic hydroxyl groups is 1. The smallest absolute Gasteiger partial charge is 0.214 e. The molecular formula is C12H17NO3S. The lowest BCUT2D eigenvalue weighted by Gasteiger charge is -2.26. The quantitative estimate of drug-likeness (QED) is 0.880. The van der Waals surface area contributed by atoms with E-state index in [4.69, 9.17) is 5.11 Å². The average molecular weight is 255 g/mol. The lowest BCUT2D eigenvalue weighted by molar-refractivity contribution is 0.281. The molecule has 17 heavy (non-hydrogen) atoms. The Morgan fingerprint density at radius 1 is 1.24 bits per heavy atom. The first kappa shape index (κ1) is 12.5. The summed E-state index contributed by atoms with van der Waals surface area (Å²) in [5.74, 6) is 0.257. The summed E-state index contributed by atoms with van der Waals surface area (Å²) in [4.78, 5) is 0. The molecule has 94 valence electrons. The molecule has 1 fully saturated rings. The van der Waals surface area contributed by atoms with Crippen LogP contribution in [0.25, 0.3) is 0 Å². The molecule has 1 aromatic rings. The van der Waals surface area contributed by atoms with E-state index in [0.717, 1.165) is 24.0 Å². The van der Waals surface area contributed by atoms with Crippen molar-refractivity contribution < 1.29 is 13.5 Å². The lowest BCUT2D eigenvalue weighted by Crippen LogP contribution is -2.37. The molecule has 0 saturated carbocycles. The summed E-state index contributed by atoms with van der Waals surface area (Å²) in [7, 11) is -3.07. The molecule has 0 unspecified atom stereocenters. The Hall–Kier alpha value is -0.910. The molecule has 0 atom stereocenters. The predicted molar refractivity (Wildman–Crippen MR) is 65.8 cm³/mol. The number of rotatable bonds is 3. The molecule has 0 amide bonds. The van der Waals surface area contributed by atoms with E-state index in [2.05, 4.69) is 0 Å². The highest BCUT2D eigenvalue weighted by molar-refractivity contribution is 7.89. The predicted octanol–water partition coefficient (Wildman–Crippen LogP) is 1.10. The molecule has 2 rings (SSSR count). The van der Waals surface area contributed by atoms with Crippen molar-refractivity contribution in [2.24, 2.45) is 0 Å². The highest BCUT2D eigenvalue weighted by Gasteiger charge is 2.25. The van der Waals surface area contributed by atoms with Gasteiger partial charge in [0.05, 0.1) is 12.4 Å². The van der Waals surface area contributed by atoms with Crippen molar-refractivity contribution >= 4 is 10.0 Å². The maximum Gasteiger partial charge on any atom is 0.214 e. The Balaban J connectivity index is 2.14. The van der Waals surface area contributed by atoms with Crippen LogP contribution < -0.4 is 0 Å². The minimum atomic E-state index is -3.07. The Bertz CT molecular complexity index is 484. The summed E-state index contributed by atoms with van der Waals surface area (Å²) in [5, 5.41) is 9.04. The van der Waals surface area contributed by atoms with Crippen LogP contribution in [0.15, 0.2) is 24.3 Å². The summed E-state index contributed by atoms with van der Waals surface area (Å²) in [5.41, 5.74) is 1.75. The second-order valence-corrected chi connectivity index (χ2v) is 6.42. The number of sulfonamides is 1. The van der Waals surface area contributed by atoms with Gasteiger partial charge in [0.1, 0.15) is 0 Å². The molecular weight excluding hydrogens is 238 g/mol. The van der Waals surface area contributed by atoms with Crippen molar-refractivity contribution in [2.75, 3.05) is 12.3 Å². The van der Waals surface area contributed by atoms with Crippen LogP contribution in [-0.2, 0) is 23.2 Å². The molecule has 1 N–H and O–H groups in total. The van der Waals surface area contributed by atoms with Gasteiger partial charge >= 0.3 is 0 Å². The van der Waals surface area contributed by atoms with Gasteiger partial charge in [0.15, 0.2) is 0 Å². The van der Waals surface area contributed by atoms with Gasteiger partial charge < -0.3 is 5.11 Å². The Morgan fingerprint density at radius 2 is 2.00 bits per heavy atom. The second kappa shape index (κ2) is 5.16. The minimum Gasteiger partial charge on any atom is -0.392 e. The van der Waals surface area contributed by atoms with Crippen molar-refractivity contribution in [3.63, 3.8) is 0 Å². The standard InChI is InChI=1S/C12H17NO3S/c14-10-12-5-3-4-11(8-12)9-13-6-1-2-7-17(13,15)16/h3-5,8,14H,1-2,6-7,9-10H2. The van der Waals surface area contributed by atoms with E-state index in [1.54, 1.807) is 0 Å². The number of hydrogen-bond acceptors (Lipinski definition) is 3. The van der Waals surface area contributed by atoms with Gasteiger partial charge in [-0.3, -0.25) is 0 Å². The maximum absolute atomic E-state index is 11.8. The molecule has 0 aromatic heterocycles. The van der Waals surface area contributed by atoms with Gasteiger partial charge in [0, 0.05) is 13.1 Å². The summed E-state index contributed by atoms with van der Waals surface area (Å²) in [6, 6.07) is 7.42. The Labute approximate surface area is 102 Å². The van der Waals surface area contributed by atoms with Gasteiger partial charge in [0.2, 0.25) is 10.0 Å². The van der Waals surface area contributed by atoms with Gasteiger partial charge in [-0.2, -0.15) is 4.31 Å². The zero-order valence-corrected chi connectivity index (χ0v) is 10.5. The molecule has 1 saturated heterocycles. The first-order valence-corrected chi connectivity index (χ1v) is 7.39. The van der Waals surface area contributed by atoms with Crippen molar-refractivity contribution in [2.45, 2.75) is 26.0 Å². The SMILES string of the molecule is O=S1(=O)CCCCN1Cc1cccc(CO)c1. The molecule has 5 heteroatoms. The number of hydrogen-bond donors (Lipinski definition) is 1. The van der Waals surface area contributed by atoms with E-state index in [9.17, 15) is 8.42 Å². The maximum atomic E-state index is 11.8. The van der Waals surface area contributed by atoms with Gasteiger partial charge in [-0.25, -0.2) is 8.42 Å². The highest BCUT2D eigenvalue weighted by Crippen LogP contribution is 2.17. The number of benzene rings is 1. The molecule has 0 spiro atoms. The minimum absolute atomic E-state index is 0.0133. The lowest BCUT2D eigenvalue weighted by atomic mass is 10.1. The van der Waals surface area contributed by atoms with E-state index < -0.39 is 10.0 Å². The van der Waals surface area contributed by atoms with Crippen molar-refractivity contribution in [3.05, 3.63) is 35.4 Å². The van der Waals surface area contributed by atoms with Gasteiger partial charge in [-0.15, -0.1) is 0 Å². The summed E-state index contributed by atoms with van der Waals surface area (Å²) >= 11 is 0. The molecule has 0 bridgehead atoms. The normalized spacial score (nSPS) is 20.3. The van der Waals surface area contributed by atoms with Crippen molar-refractivity contribution in [1.82, 2.24) is 4.31 Å². The summed E-state index contributed by atoms with van der Waals surface area (Å²) in [6.07, 6.45) is 1.69. The second-order valence-electron chi connectivity index (χ2n) is 4.33. The van der Waals surface area contributed by atoms with Crippen LogP contribution >= 0.6 is 0 Å². The van der Waals surface area contributed by atoms with Crippen LogP contribution in [0.2, 0.25) is 0 Å². The first-order valence-electron chi connectivity index (χ1n) is 5.78. The fraction of sp³-hybridized carbons (Fsp3) is 0.500. The monoisotopic (exact) mass is 255 g/mol. The molecule has 1 aliphatic rings. The summed E-state index contributed by atoms with van der Waals surface area (Å²) in [6.45, 7) is 1.00. The topological polar surface area (TPSA) is 57.6 Å². The first-order chi connectivity index (χ1) is 8.12. The average Bonchev–Trinajstić information content (AvgIpc) is 2.32. The van der Waals surface area contributed by atoms with E-state index in [-0.39, 0.29) is 12.4 Å². The third-order valence-electron chi connectivity index (χ3n) is 2.99. The van der Waals surface area contributed by atoms with Crippen molar-refractivity contribution in [3.8, 4) is 0 Å². The van der Waals surface area contributed by atoms with Gasteiger partial charge in [-0.1, -0.05) is 24.3 Å². The summed E-state index contributed by atoms with van der Waals surface area (Å²) < 4.78 is 25.2. The van der Waals surface area contributed by atoms with Crippen molar-refractivity contribution in [1.29, 1.82) is 0 Å². The molecule has 4 nitrogen and oxygen atoms in total. The van der Waals surface area contributed by atoms with E-state index >= 15 is 0 Å². The van der Waals surface area contributed by atoms with Gasteiger partial charge in [0.25, 0.3) is 0 Å². The number of aliphatic hydroxyl groups excluding tert-OH is 1. The largest absolute Gasteiger partial charge is 0.392 e. The van der Waals surface area contributed by atoms with Gasteiger partial charge in [-0.05, 0) is 24.0 Å². The third kappa shape index (κ3) is 3.06. The fourth-order valence-electron chi connectivity index (χ4n) is 2.05. The van der Waals surface area contributed by atoms with Crippen LogP contribution in [0.5, 0.6) is 0 Å². The molecule has 1 heterocycles. The zero-order valence-electron chi connectivity index (χ0n) is 9.67. The molecule has 1 aromatic carbocycles. The van der Waals surface area contributed by atoms with Crippen LogP contribution in [-0.4, -0.2) is 30.1 Å². The van der Waals surface area contributed by atoms with Crippen LogP contribution in [0.3, 0.4) is 0 Å². The van der Waals surface area contributed by atoms with E-state index in [1.165, 1.54) is 4.31 Å². The molecule has 1 aliphatic heterocycles.